The van der Waals surface area contributed by atoms with Gasteiger partial charge in [0.2, 0.25) is 59.1 Å². The van der Waals surface area contributed by atoms with Crippen molar-refractivity contribution >= 4 is 76.8 Å². The van der Waals surface area contributed by atoms with Gasteiger partial charge in [-0.05, 0) is 130 Å². The van der Waals surface area contributed by atoms with Crippen LogP contribution in [-0.2, 0) is 72.0 Å². The SMILES string of the molecule is CSCC[C@H](NC(=O)[C@H](Cc1ccc(O)cc1)NC(=O)[C@H](CCC(N)=O)NC(=O)[C@@H](N)CCC(N)=O)C(=O)N[C@@H](Cc1ccc(O)cc1)C(=O)N[C@@H](Cc1ccc(O)cc1)C(=O)N1CCC[C@H]1C(=O)N[C@@H](CCCCN)C(=O)N[C@H](C(=O)O)[C@@H](C)O. The molecule has 0 saturated carbocycles. The van der Waals surface area contributed by atoms with Gasteiger partial charge in [-0.25, -0.2) is 4.79 Å². The maximum atomic E-state index is 14.9. The molecule has 0 aliphatic carbocycles. The third-order valence-corrected chi connectivity index (χ3v) is 14.7. The van der Waals surface area contributed by atoms with Crippen LogP contribution in [0, 0.1) is 0 Å². The average molecular weight is 1220 g/mol. The molecule has 4 rings (SSSR count). The quantitative estimate of drug-likeness (QED) is 0.0266. The fourth-order valence-corrected chi connectivity index (χ4v) is 9.73. The van der Waals surface area contributed by atoms with Gasteiger partial charge in [-0.3, -0.25) is 47.9 Å². The number of nitrogens with zero attached hydrogens (tertiary/aromatic N) is 1. The van der Waals surface area contributed by atoms with Crippen LogP contribution in [-0.4, -0.2) is 181 Å². The first kappa shape index (κ1) is 69.9. The van der Waals surface area contributed by atoms with Gasteiger partial charge in [-0.15, -0.1) is 0 Å². The first-order valence-electron chi connectivity index (χ1n) is 28.0. The maximum absolute atomic E-state index is 14.9. The number of aromatic hydroxyl groups is 3. The third-order valence-electron chi connectivity index (χ3n) is 14.1. The van der Waals surface area contributed by atoms with Gasteiger partial charge in [-0.1, -0.05) is 36.4 Å². The minimum absolute atomic E-state index is 0.0138. The summed E-state index contributed by atoms with van der Waals surface area (Å²) in [7, 11) is 0. The largest absolute Gasteiger partial charge is 0.508 e. The molecule has 0 spiro atoms. The van der Waals surface area contributed by atoms with Crippen LogP contribution >= 0.6 is 11.8 Å². The number of thioether (sulfide) groups is 1. The van der Waals surface area contributed by atoms with Crippen LogP contribution in [0.1, 0.15) is 87.8 Å². The number of benzene rings is 3. The molecule has 20 N–H and O–H groups in total. The number of hydrogen-bond donors (Lipinski definition) is 16. The van der Waals surface area contributed by atoms with E-state index in [-0.39, 0.29) is 93.9 Å². The molecule has 86 heavy (non-hydrogen) atoms. The maximum Gasteiger partial charge on any atom is 0.328 e. The van der Waals surface area contributed by atoms with Gasteiger partial charge in [0, 0.05) is 38.6 Å². The molecule has 28 nitrogen and oxygen atoms in total. The zero-order valence-corrected chi connectivity index (χ0v) is 48.7. The van der Waals surface area contributed by atoms with Crippen molar-refractivity contribution in [1.82, 2.24) is 42.1 Å². The highest BCUT2D eigenvalue weighted by atomic mass is 32.2. The van der Waals surface area contributed by atoms with E-state index in [2.05, 4.69) is 37.2 Å². The Morgan fingerprint density at radius 1 is 0.558 bits per heavy atom. The Morgan fingerprint density at radius 3 is 1.42 bits per heavy atom. The number of aliphatic hydroxyl groups excluding tert-OH is 1. The van der Waals surface area contributed by atoms with Crippen molar-refractivity contribution < 1.29 is 78.3 Å². The number of aliphatic carboxylic acids is 1. The molecule has 1 fully saturated rings. The number of phenols is 3. The molecule has 3 aromatic rings. The zero-order valence-electron chi connectivity index (χ0n) is 47.9. The summed E-state index contributed by atoms with van der Waals surface area (Å²) in [6, 6.07) is 4.02. The van der Waals surface area contributed by atoms with Gasteiger partial charge in [-0.2, -0.15) is 11.8 Å². The van der Waals surface area contributed by atoms with Crippen LogP contribution in [0.3, 0.4) is 0 Å². The summed E-state index contributed by atoms with van der Waals surface area (Å²) in [5.41, 5.74) is 23.5. The molecule has 1 aliphatic heterocycles. The Morgan fingerprint density at radius 2 is 0.965 bits per heavy atom. The fourth-order valence-electron chi connectivity index (χ4n) is 9.25. The number of rotatable bonds is 36. The van der Waals surface area contributed by atoms with Crippen molar-refractivity contribution in [3.63, 3.8) is 0 Å². The van der Waals surface area contributed by atoms with E-state index in [4.69, 9.17) is 22.9 Å². The second-order valence-electron chi connectivity index (χ2n) is 20.9. The predicted molar refractivity (Wildman–Crippen MR) is 314 cm³/mol. The molecule has 10 atom stereocenters. The minimum Gasteiger partial charge on any atom is -0.508 e. The summed E-state index contributed by atoms with van der Waals surface area (Å²) < 4.78 is 0. The Hall–Kier alpha value is -8.54. The number of hydrogen-bond acceptors (Lipinski definition) is 18. The fraction of sp³-hybridized carbons (Fsp3) is 0.491. The molecule has 0 bridgehead atoms. The summed E-state index contributed by atoms with van der Waals surface area (Å²) in [6.45, 7) is 1.44. The van der Waals surface area contributed by atoms with E-state index >= 15 is 0 Å². The van der Waals surface area contributed by atoms with E-state index in [1.807, 2.05) is 0 Å². The number of aliphatic hydroxyl groups is 1. The lowest BCUT2D eigenvalue weighted by atomic mass is 10.0. The standard InChI is InChI=1S/C57H80N12O16S/c1-31(70)48(57(84)85)68-52(79)39(6-3-4-25-58)64-55(82)45-7-5-26-69(45)56(83)44(30-34-12-18-37(73)19-13-34)67-54(81)43(29-33-10-16-36(72)17-11-33)66-51(78)41(24-27-86-2)63-53(80)42(28-32-8-14-35(71)15-9-32)65-50(77)40(21-23-47(61)75)62-49(76)38(59)20-22-46(60)74/h8-19,31,38-45,48,70-73H,3-7,20-30,58-59H2,1-2H3,(H2,60,74)(H2,61,75)(H,62,76)(H,63,80)(H,64,82)(H,65,77)(H,66,78)(H,67,81)(H,68,79)(H,84,85)/t31-,38+,39+,40+,41+,42+,43+,44+,45+,48+/m1/s1. The van der Waals surface area contributed by atoms with E-state index in [0.29, 0.717) is 36.0 Å². The van der Waals surface area contributed by atoms with Crippen LogP contribution in [0.25, 0.3) is 0 Å². The van der Waals surface area contributed by atoms with Crippen molar-refractivity contribution in [3.8, 4) is 17.2 Å². The average Bonchev–Trinajstić information content (AvgIpc) is 2.57. The zero-order chi connectivity index (χ0) is 63.6. The van der Waals surface area contributed by atoms with Gasteiger partial charge in [0.25, 0.3) is 0 Å². The molecule has 3 aromatic carbocycles. The smallest absolute Gasteiger partial charge is 0.328 e. The molecule has 1 heterocycles. The van der Waals surface area contributed by atoms with Gasteiger partial charge in [0.15, 0.2) is 6.04 Å². The van der Waals surface area contributed by atoms with Crippen molar-refractivity contribution in [3.05, 3.63) is 89.5 Å². The molecule has 0 unspecified atom stereocenters. The highest BCUT2D eigenvalue weighted by Crippen LogP contribution is 2.22. The minimum atomic E-state index is -1.71. The second kappa shape index (κ2) is 35.0. The van der Waals surface area contributed by atoms with E-state index in [0.717, 1.165) is 0 Å². The summed E-state index contributed by atoms with van der Waals surface area (Å²) in [5.74, 6) is -10.2. The van der Waals surface area contributed by atoms with E-state index in [1.165, 1.54) is 96.4 Å². The number of nitrogens with one attached hydrogen (secondary N) is 7. The first-order valence-corrected chi connectivity index (χ1v) is 29.4. The molecule has 470 valence electrons. The van der Waals surface area contributed by atoms with Crippen LogP contribution in [0.4, 0.5) is 0 Å². The molecular weight excluding hydrogens is 1140 g/mol. The van der Waals surface area contributed by atoms with E-state index < -0.39 is 132 Å². The van der Waals surface area contributed by atoms with Crippen LogP contribution in [0.5, 0.6) is 17.2 Å². The predicted octanol–water partition coefficient (Wildman–Crippen LogP) is -2.58. The van der Waals surface area contributed by atoms with Crippen molar-refractivity contribution in [2.75, 3.05) is 25.1 Å². The molecular formula is C57H80N12O16S. The number of unbranched alkanes of at least 4 members (excludes halogenated alkanes) is 1. The normalized spacial score (nSPS) is 16.0. The van der Waals surface area contributed by atoms with Gasteiger partial charge >= 0.3 is 5.97 Å². The summed E-state index contributed by atoms with van der Waals surface area (Å²) >= 11 is 1.31. The number of likely N-dealkylation sites (tertiary alicyclic amines) is 1. The number of carboxylic acids is 1. The number of primary amides is 2. The highest BCUT2D eigenvalue weighted by Gasteiger charge is 2.41. The summed E-state index contributed by atoms with van der Waals surface area (Å²) in [5, 5.41) is 68.0. The van der Waals surface area contributed by atoms with E-state index in [9.17, 15) is 78.3 Å². The monoisotopic (exact) mass is 1220 g/mol. The topological polar surface area (TPSA) is 480 Å². The Labute approximate surface area is 501 Å². The second-order valence-corrected chi connectivity index (χ2v) is 21.9. The number of carbonyl (C=O) groups is 11. The Bertz CT molecular complexity index is 2810. The Kier molecular flexibility index (Phi) is 28.5. The van der Waals surface area contributed by atoms with Gasteiger partial charge in [0.1, 0.15) is 59.5 Å². The lowest BCUT2D eigenvalue weighted by Gasteiger charge is -2.31. The molecule has 0 aromatic heterocycles. The number of amides is 10. The molecule has 10 amide bonds. The summed E-state index contributed by atoms with van der Waals surface area (Å²) in [4.78, 5) is 150. The van der Waals surface area contributed by atoms with Gasteiger partial charge < -0.3 is 90.6 Å². The summed E-state index contributed by atoms with van der Waals surface area (Å²) in [6.07, 6.45) is -0.502. The van der Waals surface area contributed by atoms with Crippen molar-refractivity contribution in [1.29, 1.82) is 0 Å². The number of nitrogens with two attached hydrogens (primary N) is 4. The lowest BCUT2D eigenvalue weighted by molar-refractivity contribution is -0.145. The lowest BCUT2D eigenvalue weighted by Crippen LogP contribution is -2.61. The van der Waals surface area contributed by atoms with Crippen molar-refractivity contribution in [2.24, 2.45) is 22.9 Å². The Balaban J connectivity index is 1.69. The molecule has 1 saturated heterocycles. The number of phenolic OH excluding ortho intramolecular Hbond substituents is 3. The van der Waals surface area contributed by atoms with Gasteiger partial charge in [0.05, 0.1) is 12.1 Å². The van der Waals surface area contributed by atoms with Crippen LogP contribution < -0.4 is 60.2 Å². The van der Waals surface area contributed by atoms with Crippen LogP contribution in [0.15, 0.2) is 72.8 Å². The number of carbonyl (C=O) groups excluding carboxylic acids is 10. The third kappa shape index (κ3) is 23.1. The first-order chi connectivity index (χ1) is 40.8. The van der Waals surface area contributed by atoms with Crippen LogP contribution in [0.2, 0.25) is 0 Å². The van der Waals surface area contributed by atoms with Crippen molar-refractivity contribution in [2.45, 2.75) is 151 Å². The molecule has 29 heteroatoms. The molecule has 1 aliphatic rings. The van der Waals surface area contributed by atoms with E-state index in [1.54, 1.807) is 6.26 Å². The number of carboxylic acid groups (broad SMARTS) is 1. The molecule has 0 radical (unpaired) electrons. The highest BCUT2D eigenvalue weighted by molar-refractivity contribution is 7.98.